The van der Waals surface area contributed by atoms with Gasteiger partial charge in [0.25, 0.3) is 0 Å². The lowest BCUT2D eigenvalue weighted by Crippen LogP contribution is -1.85. The average Bonchev–Trinajstić information content (AvgIpc) is 0.722. The third kappa shape index (κ3) is 35.5. The fourth-order valence-corrected chi connectivity index (χ4v) is 0. The molecule has 5 heteroatoms. The molecule has 0 aromatic rings. The first-order valence-electron chi connectivity index (χ1n) is 0.717. The van der Waals surface area contributed by atoms with Crippen LogP contribution in [0, 0.1) is 0 Å². The predicted octanol–water partition coefficient (Wildman–Crippen LogP) is 0.357. The van der Waals surface area contributed by atoms with E-state index in [1.165, 1.54) is 0 Å². The highest BCUT2D eigenvalue weighted by atomic mass is 35.7. The Morgan fingerprint density at radius 1 is 2.00 bits per heavy atom. The summed E-state index contributed by atoms with van der Waals surface area (Å²) in [6, 6.07) is 0. The molecule has 5 heavy (non-hydrogen) atoms. The lowest BCUT2D eigenvalue weighted by molar-refractivity contribution is -0.149. The van der Waals surface area contributed by atoms with Crippen molar-refractivity contribution in [1.29, 1.82) is 0 Å². The lowest BCUT2D eigenvalue weighted by atomic mass is 15.9. The molecule has 0 aliphatic carbocycles. The fraction of sp³-hybridized carbons (Fsp3) is 0. The van der Waals surface area contributed by atoms with E-state index in [0.29, 0.717) is 0 Å². The first-order valence-corrected chi connectivity index (χ1v) is 5.36. The van der Waals surface area contributed by atoms with Crippen molar-refractivity contribution in [2.75, 3.05) is 0 Å². The summed E-state index contributed by atoms with van der Waals surface area (Å²) in [5, 5.41) is 0. The quantitative estimate of drug-likeness (QED) is 0.364. The van der Waals surface area contributed by atoms with Gasteiger partial charge in [0.1, 0.15) is 0 Å². The number of halogens is 1. The zero-order valence-corrected chi connectivity index (χ0v) is 5.33. The molecule has 0 aromatic heterocycles. The Morgan fingerprint density at radius 2 is 2.00 bits per heavy atom. The maximum Gasteiger partial charge on any atom is -0.125 e. The van der Waals surface area contributed by atoms with Crippen molar-refractivity contribution in [1.82, 2.24) is 0 Å². The maximum absolute atomic E-state index is 9.61. The van der Waals surface area contributed by atoms with Crippen LogP contribution in [-0.4, -0.2) is 0 Å². The van der Waals surface area contributed by atoms with E-state index in [1.807, 2.05) is 0 Å². The third-order valence-corrected chi connectivity index (χ3v) is 0. The molecular formula is ClOPS2-2. The molecule has 0 radical (unpaired) electrons. The van der Waals surface area contributed by atoms with Crippen molar-refractivity contribution < 1.29 is 4.89 Å². The highest BCUT2D eigenvalue weighted by molar-refractivity contribution is 8.61. The van der Waals surface area contributed by atoms with Gasteiger partial charge in [0.15, 0.2) is 0 Å². The zero-order chi connectivity index (χ0) is 4.50. The van der Waals surface area contributed by atoms with Crippen LogP contribution < -0.4 is 4.89 Å². The summed E-state index contributed by atoms with van der Waals surface area (Å²) in [5.74, 6) is 0. The van der Waals surface area contributed by atoms with Crippen LogP contribution >= 0.6 is 16.1 Å². The summed E-state index contributed by atoms with van der Waals surface area (Å²) in [5.41, 5.74) is 0. The Morgan fingerprint density at radius 3 is 2.00 bits per heavy atom. The van der Waals surface area contributed by atoms with Crippen LogP contribution in [0.1, 0.15) is 0 Å². The Hall–Kier alpha value is 1.25. The first-order chi connectivity index (χ1) is 2.00. The van der Waals surface area contributed by atoms with Crippen LogP contribution in [0.5, 0.6) is 0 Å². The van der Waals surface area contributed by atoms with Gasteiger partial charge < -0.3 is 17.1 Å². The lowest BCUT2D eigenvalue weighted by Gasteiger charge is -2.25. The number of hydrogen-bond donors (Lipinski definition) is 0. The van der Waals surface area contributed by atoms with Crippen molar-refractivity contribution in [3.63, 3.8) is 0 Å². The van der Waals surface area contributed by atoms with Gasteiger partial charge in [-0.05, 0) is 0 Å². The average molecular weight is 147 g/mol. The molecule has 0 rings (SSSR count). The smallest absolute Gasteiger partial charge is 0.125 e. The maximum atomic E-state index is 9.61. The van der Waals surface area contributed by atoms with Crippen molar-refractivity contribution in [3.05, 3.63) is 0 Å². The Labute approximate surface area is 45.4 Å². The minimum atomic E-state index is -3.00. The van der Waals surface area contributed by atoms with E-state index in [-0.39, 0.29) is 0 Å². The van der Waals surface area contributed by atoms with Crippen LogP contribution in [0.2, 0.25) is 0 Å². The summed E-state index contributed by atoms with van der Waals surface area (Å²) >= 11 is 12.6. The van der Waals surface area contributed by atoms with Gasteiger partial charge in [-0.25, -0.2) is 0 Å². The summed E-state index contributed by atoms with van der Waals surface area (Å²) < 4.78 is 0. The molecule has 1 atom stereocenters. The summed E-state index contributed by atoms with van der Waals surface area (Å²) in [7, 11) is 0. The van der Waals surface area contributed by atoms with Crippen LogP contribution in [-0.2, 0) is 24.1 Å². The van der Waals surface area contributed by atoms with Crippen molar-refractivity contribution in [3.8, 4) is 0 Å². The SMILES string of the molecule is [O-]P(=S)([S-])Cl. The summed E-state index contributed by atoms with van der Waals surface area (Å²) in [6.07, 6.45) is 0. The topological polar surface area (TPSA) is 23.1 Å². The molecule has 0 aromatic carbocycles. The molecule has 0 bridgehead atoms. The molecule has 1 unspecified atom stereocenters. The largest absolute Gasteiger partial charge is 0.827 e. The third-order valence-electron chi connectivity index (χ3n) is 0. The van der Waals surface area contributed by atoms with E-state index in [2.05, 4.69) is 24.1 Å². The second-order valence-corrected chi connectivity index (χ2v) is 7.70. The van der Waals surface area contributed by atoms with Gasteiger partial charge >= 0.3 is 0 Å². The zero-order valence-electron chi connectivity index (χ0n) is 2.05. The van der Waals surface area contributed by atoms with Crippen molar-refractivity contribution in [2.45, 2.75) is 0 Å². The second kappa shape index (κ2) is 1.80. The summed E-state index contributed by atoms with van der Waals surface area (Å²) in [4.78, 5) is 6.61. The monoisotopic (exact) mass is 146 g/mol. The van der Waals surface area contributed by atoms with Crippen LogP contribution in [0.4, 0.5) is 0 Å². The first kappa shape index (κ1) is 6.25. The van der Waals surface area contributed by atoms with E-state index in [1.54, 1.807) is 0 Å². The van der Waals surface area contributed by atoms with Gasteiger partial charge in [-0.1, -0.05) is 0 Å². The van der Waals surface area contributed by atoms with E-state index < -0.39 is 4.82 Å². The number of hydrogen-bond acceptors (Lipinski definition) is 3. The van der Waals surface area contributed by atoms with E-state index in [9.17, 15) is 4.89 Å². The van der Waals surface area contributed by atoms with Gasteiger partial charge in [0.2, 0.25) is 0 Å². The normalized spacial score (nSPS) is 21.4. The molecule has 0 amide bonds. The molecule has 1 nitrogen and oxygen atoms in total. The molecule has 0 saturated carbocycles. The summed E-state index contributed by atoms with van der Waals surface area (Å²) in [6.45, 7) is 0. The molecule has 0 spiro atoms. The van der Waals surface area contributed by atoms with Gasteiger partial charge in [-0.15, -0.1) is 23.0 Å². The molecular weight excluding hydrogens is 147 g/mol. The Kier molecular flexibility index (Phi) is 2.26. The van der Waals surface area contributed by atoms with Gasteiger partial charge in [-0.3, -0.25) is 0 Å². The molecule has 0 fully saturated rings. The van der Waals surface area contributed by atoms with E-state index in [4.69, 9.17) is 11.2 Å². The standard InChI is InChI=1S/ClH2OPS2/c1-3(2,4)5/h(H2,2,4,5)/p-2. The van der Waals surface area contributed by atoms with E-state index in [0.717, 1.165) is 0 Å². The van der Waals surface area contributed by atoms with Crippen molar-refractivity contribution >= 4 is 40.1 Å². The fourth-order valence-electron chi connectivity index (χ4n) is 0. The van der Waals surface area contributed by atoms with Gasteiger partial charge in [0.05, 0.1) is 0 Å². The molecule has 32 valence electrons. The minimum absolute atomic E-state index is 3.00. The highest BCUT2D eigenvalue weighted by Gasteiger charge is 1.57. The highest BCUT2D eigenvalue weighted by Crippen LogP contribution is 2.37. The van der Waals surface area contributed by atoms with Crippen molar-refractivity contribution in [2.24, 2.45) is 0 Å². The van der Waals surface area contributed by atoms with E-state index >= 15 is 0 Å². The molecule has 0 saturated heterocycles. The number of rotatable bonds is 0. The van der Waals surface area contributed by atoms with Gasteiger partial charge in [-0.2, -0.15) is 4.82 Å². The predicted molar refractivity (Wildman–Crippen MR) is 27.5 cm³/mol. The second-order valence-electron chi connectivity index (χ2n) is 0.431. The molecule has 0 N–H and O–H groups in total. The Balaban J connectivity index is 3.47. The van der Waals surface area contributed by atoms with Crippen LogP contribution in [0.25, 0.3) is 0 Å². The van der Waals surface area contributed by atoms with Gasteiger partial charge in [0, 0.05) is 0 Å². The van der Waals surface area contributed by atoms with Crippen LogP contribution in [0.15, 0.2) is 0 Å². The molecule has 0 heterocycles. The molecule has 0 aliphatic heterocycles. The minimum Gasteiger partial charge on any atom is -0.827 e. The molecule has 0 aliphatic rings. The Bertz CT molecular complexity index is 55.8. The van der Waals surface area contributed by atoms with Crippen LogP contribution in [0.3, 0.4) is 0 Å².